The minimum atomic E-state index is 0.0155. The summed E-state index contributed by atoms with van der Waals surface area (Å²) in [6.45, 7) is 3.89. The Morgan fingerprint density at radius 1 is 1.21 bits per heavy atom. The van der Waals surface area contributed by atoms with Gasteiger partial charge in [0.2, 0.25) is 0 Å². The van der Waals surface area contributed by atoms with Gasteiger partial charge >= 0.3 is 0 Å². The van der Waals surface area contributed by atoms with Crippen molar-refractivity contribution in [1.82, 2.24) is 10.2 Å². The molecule has 1 heterocycles. The lowest BCUT2D eigenvalue weighted by Gasteiger charge is -2.23. The molecule has 3 aromatic rings. The van der Waals surface area contributed by atoms with Crippen molar-refractivity contribution >= 4 is 11.3 Å². The third-order valence-electron chi connectivity index (χ3n) is 4.92. The summed E-state index contributed by atoms with van der Waals surface area (Å²) < 4.78 is 5.71. The molecule has 0 spiro atoms. The van der Waals surface area contributed by atoms with Gasteiger partial charge in [0.05, 0.1) is 11.7 Å². The number of nitrogens with two attached hydrogens (primary N) is 1. The van der Waals surface area contributed by atoms with Crippen molar-refractivity contribution in [2.45, 2.75) is 45.3 Å². The van der Waals surface area contributed by atoms with Gasteiger partial charge in [0.25, 0.3) is 0 Å². The minimum absolute atomic E-state index is 0.0155. The van der Waals surface area contributed by atoms with Crippen LogP contribution >= 0.6 is 11.3 Å². The van der Waals surface area contributed by atoms with E-state index in [0.29, 0.717) is 11.3 Å². The van der Waals surface area contributed by atoms with Gasteiger partial charge in [-0.2, -0.15) is 5.26 Å². The number of benzene rings is 2. The second-order valence-corrected chi connectivity index (χ2v) is 8.25. The molecule has 0 saturated carbocycles. The van der Waals surface area contributed by atoms with E-state index in [4.69, 9.17) is 10.5 Å². The zero-order chi connectivity index (χ0) is 19.7. The monoisotopic (exact) mass is 390 g/mol. The van der Waals surface area contributed by atoms with Crippen molar-refractivity contribution in [2.24, 2.45) is 5.73 Å². The summed E-state index contributed by atoms with van der Waals surface area (Å²) >= 11 is 1.54. The topological polar surface area (TPSA) is 84.8 Å². The van der Waals surface area contributed by atoms with Gasteiger partial charge in [0.1, 0.15) is 21.8 Å². The van der Waals surface area contributed by atoms with E-state index in [1.165, 1.54) is 22.5 Å². The molecular formula is C22H22N4OS. The van der Waals surface area contributed by atoms with Gasteiger partial charge in [-0.25, -0.2) is 0 Å². The molecule has 1 aliphatic rings. The number of nitriles is 1. The Hall–Kier alpha value is -2.75. The fourth-order valence-corrected chi connectivity index (χ4v) is 4.53. The van der Waals surface area contributed by atoms with E-state index in [2.05, 4.69) is 28.4 Å². The van der Waals surface area contributed by atoms with Crippen LogP contribution in [0.15, 0.2) is 36.4 Å². The lowest BCUT2D eigenvalue weighted by molar-refractivity contribution is 0.242. The third-order valence-corrected chi connectivity index (χ3v) is 5.92. The summed E-state index contributed by atoms with van der Waals surface area (Å²) in [6, 6.07) is 14.2. The molecule has 6 heteroatoms. The molecule has 142 valence electrons. The normalized spacial score (nSPS) is 15.9. The standard InChI is InChI=1S/C22H22N4OS/c1-13(2)27-20-10-9-14(11-15(20)12-23)21-25-26-22(28-21)18-7-3-6-17-16(18)5-4-8-19(17)24/h3,6-7,9-11,13,19H,4-5,8,24H2,1-2H3. The van der Waals surface area contributed by atoms with E-state index in [-0.39, 0.29) is 12.1 Å². The molecule has 1 unspecified atom stereocenters. The number of rotatable bonds is 4. The van der Waals surface area contributed by atoms with Gasteiger partial charge in [-0.1, -0.05) is 29.5 Å². The van der Waals surface area contributed by atoms with Crippen LogP contribution in [0.1, 0.15) is 49.4 Å². The average molecular weight is 391 g/mol. The predicted molar refractivity (Wildman–Crippen MR) is 111 cm³/mol. The first-order valence-electron chi connectivity index (χ1n) is 9.49. The van der Waals surface area contributed by atoms with Crippen LogP contribution in [-0.4, -0.2) is 16.3 Å². The van der Waals surface area contributed by atoms with Crippen molar-refractivity contribution in [3.8, 4) is 33.0 Å². The maximum Gasteiger partial charge on any atom is 0.148 e. The zero-order valence-electron chi connectivity index (χ0n) is 16.0. The number of hydrogen-bond donors (Lipinski definition) is 1. The second kappa shape index (κ2) is 7.70. The molecular weight excluding hydrogens is 368 g/mol. The van der Waals surface area contributed by atoms with Crippen molar-refractivity contribution < 1.29 is 4.74 Å². The van der Waals surface area contributed by atoms with Crippen LogP contribution in [0.3, 0.4) is 0 Å². The van der Waals surface area contributed by atoms with Crippen molar-refractivity contribution in [2.75, 3.05) is 0 Å². The second-order valence-electron chi connectivity index (χ2n) is 7.27. The zero-order valence-corrected chi connectivity index (χ0v) is 16.8. The molecule has 0 fully saturated rings. The first-order chi connectivity index (χ1) is 13.6. The van der Waals surface area contributed by atoms with Crippen molar-refractivity contribution in [1.29, 1.82) is 5.26 Å². The van der Waals surface area contributed by atoms with Crippen molar-refractivity contribution in [3.63, 3.8) is 0 Å². The van der Waals surface area contributed by atoms with Gasteiger partial charge in [0, 0.05) is 17.2 Å². The largest absolute Gasteiger partial charge is 0.490 e. The first kappa shape index (κ1) is 18.6. The van der Waals surface area contributed by atoms with Gasteiger partial charge in [-0.05, 0) is 62.4 Å². The smallest absolute Gasteiger partial charge is 0.148 e. The fraction of sp³-hybridized carbons (Fsp3) is 0.318. The van der Waals surface area contributed by atoms with E-state index >= 15 is 0 Å². The van der Waals surface area contributed by atoms with Gasteiger partial charge < -0.3 is 10.5 Å². The number of nitrogens with zero attached hydrogens (tertiary/aromatic N) is 3. The maximum absolute atomic E-state index is 9.47. The molecule has 2 aromatic carbocycles. The summed E-state index contributed by atoms with van der Waals surface area (Å²) in [6.07, 6.45) is 3.16. The Morgan fingerprint density at radius 3 is 2.82 bits per heavy atom. The SMILES string of the molecule is CC(C)Oc1ccc(-c2nnc(-c3cccc4c3CCCC4N)s2)cc1C#N. The van der Waals surface area contributed by atoms with Gasteiger partial charge in [-0.15, -0.1) is 10.2 Å². The molecule has 2 N–H and O–H groups in total. The third kappa shape index (κ3) is 3.51. The molecule has 0 radical (unpaired) electrons. The maximum atomic E-state index is 9.47. The number of ether oxygens (including phenoxy) is 1. The van der Waals surface area contributed by atoms with E-state index in [9.17, 15) is 5.26 Å². The van der Waals surface area contributed by atoms with Crippen LogP contribution in [-0.2, 0) is 6.42 Å². The Kier molecular flexibility index (Phi) is 5.12. The summed E-state index contributed by atoms with van der Waals surface area (Å²) in [5, 5.41) is 20.0. The lowest BCUT2D eigenvalue weighted by atomic mass is 9.85. The lowest BCUT2D eigenvalue weighted by Crippen LogP contribution is -2.17. The minimum Gasteiger partial charge on any atom is -0.490 e. The summed E-state index contributed by atoms with van der Waals surface area (Å²) in [5.41, 5.74) is 11.3. The molecule has 4 rings (SSSR count). The Morgan fingerprint density at radius 2 is 2.04 bits per heavy atom. The summed E-state index contributed by atoms with van der Waals surface area (Å²) in [5.74, 6) is 0.595. The highest BCUT2D eigenvalue weighted by Crippen LogP contribution is 2.38. The Bertz CT molecular complexity index is 1050. The van der Waals surface area contributed by atoms with E-state index in [1.54, 1.807) is 0 Å². The molecule has 0 aliphatic heterocycles. The molecule has 28 heavy (non-hydrogen) atoms. The van der Waals surface area contributed by atoms with Crippen LogP contribution in [0.2, 0.25) is 0 Å². The highest BCUT2D eigenvalue weighted by molar-refractivity contribution is 7.17. The van der Waals surface area contributed by atoms with Gasteiger partial charge in [0.15, 0.2) is 0 Å². The average Bonchev–Trinajstić information content (AvgIpc) is 3.18. The van der Waals surface area contributed by atoms with Crippen LogP contribution in [0, 0.1) is 11.3 Å². The van der Waals surface area contributed by atoms with Crippen LogP contribution < -0.4 is 10.5 Å². The number of fused-ring (bicyclic) bond motifs is 1. The van der Waals surface area contributed by atoms with Crippen LogP contribution in [0.25, 0.3) is 21.1 Å². The van der Waals surface area contributed by atoms with E-state index in [1.807, 2.05) is 38.1 Å². The Labute approximate surface area is 168 Å². The van der Waals surface area contributed by atoms with Gasteiger partial charge in [-0.3, -0.25) is 0 Å². The highest BCUT2D eigenvalue weighted by Gasteiger charge is 2.21. The number of aromatic nitrogens is 2. The molecule has 0 saturated heterocycles. The number of hydrogen-bond acceptors (Lipinski definition) is 6. The van der Waals surface area contributed by atoms with Crippen LogP contribution in [0.4, 0.5) is 0 Å². The van der Waals surface area contributed by atoms with E-state index in [0.717, 1.165) is 40.4 Å². The molecule has 1 aliphatic carbocycles. The highest BCUT2D eigenvalue weighted by atomic mass is 32.1. The van der Waals surface area contributed by atoms with Crippen LogP contribution in [0.5, 0.6) is 5.75 Å². The molecule has 0 amide bonds. The summed E-state index contributed by atoms with van der Waals surface area (Å²) in [4.78, 5) is 0. The quantitative estimate of drug-likeness (QED) is 0.687. The Balaban J connectivity index is 1.70. The predicted octanol–water partition coefficient (Wildman–Crippen LogP) is 4.87. The fourth-order valence-electron chi connectivity index (χ4n) is 3.64. The van der Waals surface area contributed by atoms with E-state index < -0.39 is 0 Å². The molecule has 0 bridgehead atoms. The molecule has 5 nitrogen and oxygen atoms in total. The molecule has 1 aromatic heterocycles. The first-order valence-corrected chi connectivity index (χ1v) is 10.3. The summed E-state index contributed by atoms with van der Waals surface area (Å²) in [7, 11) is 0. The molecule has 1 atom stereocenters. The van der Waals surface area contributed by atoms with Crippen molar-refractivity contribution in [3.05, 3.63) is 53.1 Å².